The van der Waals surface area contributed by atoms with E-state index < -0.39 is 0 Å². The lowest BCUT2D eigenvalue weighted by Crippen LogP contribution is -2.56. The Hall–Kier alpha value is -1.70. The fraction of sp³-hybridized carbons (Fsp3) is 0.736. The van der Waals surface area contributed by atoms with Crippen molar-refractivity contribution in [3.8, 4) is 0 Å². The van der Waals surface area contributed by atoms with Gasteiger partial charge in [-0.25, -0.2) is 0 Å². The first-order valence-electron chi connectivity index (χ1n) is 25.0. The largest absolute Gasteiger partial charge is 0.394 e. The van der Waals surface area contributed by atoms with Crippen LogP contribution in [-0.4, -0.2) is 147 Å². The van der Waals surface area contributed by atoms with Crippen LogP contribution in [0.1, 0.15) is 129 Å². The number of aliphatic hydroxyl groups excluding tert-OH is 1. The van der Waals surface area contributed by atoms with E-state index in [0.29, 0.717) is 89.5 Å². The van der Waals surface area contributed by atoms with Crippen LogP contribution >= 0.6 is 46.4 Å². The number of ether oxygens (including phenoxy) is 3. The van der Waals surface area contributed by atoms with Gasteiger partial charge in [0.1, 0.15) is 0 Å². The standard InChI is InChI=1S/C29H46Cl2N2O5.C23H34Cl2N2O.CH4/c1-3-29(10-14-36-16-18-38-19-17-37-15-13-34)9-8-26(27(22-29)33-11-4-5-12-33)32(2)28(35)21-23-6-7-24(30)25(31)20-23;1-4-23(5-2)11-10-20(27-12-6-7-13-27)21(16-23)26(3)22(28)15-17-8-9-18(24)19(25)14-17;/h6-7,20,26-27,34H,3-5,8-19,21-22H2,1-2H3;8-9,14,20-21H,4-7,10-13,15-16H2,1-3H3;1H4/t26-,27-,29?;20-,21-;/m11./s1. The number of halogens is 4. The maximum Gasteiger partial charge on any atom is 0.227 e. The number of hydrogen-bond donors (Lipinski definition) is 1. The number of amides is 2. The molecule has 0 spiro atoms. The lowest BCUT2D eigenvalue weighted by molar-refractivity contribution is -0.135. The highest BCUT2D eigenvalue weighted by molar-refractivity contribution is 6.42. The van der Waals surface area contributed by atoms with Gasteiger partial charge in [-0.3, -0.25) is 19.4 Å². The van der Waals surface area contributed by atoms with Gasteiger partial charge in [-0.15, -0.1) is 0 Å². The number of likely N-dealkylation sites (tertiary alicyclic amines) is 2. The summed E-state index contributed by atoms with van der Waals surface area (Å²) in [6.07, 6.45) is 17.1. The van der Waals surface area contributed by atoms with Crippen LogP contribution in [0, 0.1) is 10.8 Å². The summed E-state index contributed by atoms with van der Waals surface area (Å²) in [6, 6.07) is 12.3. The van der Waals surface area contributed by atoms with Crippen molar-refractivity contribution in [1.29, 1.82) is 0 Å². The molecule has 2 amide bonds. The van der Waals surface area contributed by atoms with Gasteiger partial charge in [-0.1, -0.05) is 106 Å². The zero-order chi connectivity index (χ0) is 47.7. The second-order valence-electron chi connectivity index (χ2n) is 19.5. The van der Waals surface area contributed by atoms with Crippen LogP contribution in [0.3, 0.4) is 0 Å². The zero-order valence-corrected chi connectivity index (χ0v) is 43.7. The minimum Gasteiger partial charge on any atom is -0.394 e. The summed E-state index contributed by atoms with van der Waals surface area (Å²) in [5, 5.41) is 10.8. The van der Waals surface area contributed by atoms with Crippen LogP contribution in [0.4, 0.5) is 0 Å². The van der Waals surface area contributed by atoms with E-state index in [1.54, 1.807) is 18.2 Å². The number of carbonyl (C=O) groups excluding carboxylic acids is 2. The van der Waals surface area contributed by atoms with Crippen molar-refractivity contribution < 1.29 is 28.9 Å². The molecular weight excluding hydrogens is 930 g/mol. The summed E-state index contributed by atoms with van der Waals surface area (Å²) < 4.78 is 16.7. The Balaban J connectivity index is 0.000000301. The second-order valence-corrected chi connectivity index (χ2v) is 21.1. The second kappa shape index (κ2) is 29.0. The Morgan fingerprint density at radius 2 is 1.06 bits per heavy atom. The highest BCUT2D eigenvalue weighted by Gasteiger charge is 2.46. The van der Waals surface area contributed by atoms with Gasteiger partial charge in [-0.05, 0) is 143 Å². The number of aliphatic hydroxyl groups is 1. The molecule has 0 radical (unpaired) electrons. The van der Waals surface area contributed by atoms with Crippen molar-refractivity contribution in [1.82, 2.24) is 19.6 Å². The summed E-state index contributed by atoms with van der Waals surface area (Å²) in [4.78, 5) is 35.9. The average molecular weight is 1020 g/mol. The van der Waals surface area contributed by atoms with Crippen LogP contribution in [-0.2, 0) is 36.6 Å². The van der Waals surface area contributed by atoms with Crippen molar-refractivity contribution in [3.63, 3.8) is 0 Å². The summed E-state index contributed by atoms with van der Waals surface area (Å²) in [5.74, 6) is 0.308. The molecule has 6 rings (SSSR count). The molecule has 0 bridgehead atoms. The summed E-state index contributed by atoms with van der Waals surface area (Å²) in [5.41, 5.74) is 2.43. The van der Waals surface area contributed by atoms with E-state index in [0.717, 1.165) is 69.3 Å². The van der Waals surface area contributed by atoms with E-state index in [1.165, 1.54) is 64.5 Å². The van der Waals surface area contributed by atoms with Crippen molar-refractivity contribution >= 4 is 58.2 Å². The van der Waals surface area contributed by atoms with Crippen LogP contribution < -0.4 is 0 Å². The third-order valence-electron chi connectivity index (χ3n) is 15.8. The molecule has 0 aromatic heterocycles. The Kier molecular flexibility index (Phi) is 25.0. The third kappa shape index (κ3) is 16.7. The van der Waals surface area contributed by atoms with Gasteiger partial charge in [0.05, 0.1) is 72.6 Å². The molecule has 380 valence electrons. The molecule has 5 atom stereocenters. The lowest BCUT2D eigenvalue weighted by Gasteiger charge is -2.50. The molecule has 2 heterocycles. The molecule has 2 aliphatic carbocycles. The Labute approximate surface area is 424 Å². The first-order chi connectivity index (χ1) is 31.8. The summed E-state index contributed by atoms with van der Waals surface area (Å²) >= 11 is 24.4. The highest BCUT2D eigenvalue weighted by atomic mass is 35.5. The monoisotopic (exact) mass is 1010 g/mol. The minimum atomic E-state index is 0. The molecule has 4 aliphatic rings. The predicted octanol–water partition coefficient (Wildman–Crippen LogP) is 11.3. The van der Waals surface area contributed by atoms with E-state index in [2.05, 4.69) is 30.6 Å². The van der Waals surface area contributed by atoms with E-state index in [-0.39, 0.29) is 37.3 Å². The van der Waals surface area contributed by atoms with Crippen LogP contribution in [0.25, 0.3) is 0 Å². The minimum absolute atomic E-state index is 0. The maximum absolute atomic E-state index is 13.4. The Morgan fingerprint density at radius 3 is 1.54 bits per heavy atom. The molecule has 2 aromatic carbocycles. The molecule has 1 unspecified atom stereocenters. The molecule has 67 heavy (non-hydrogen) atoms. The van der Waals surface area contributed by atoms with Crippen molar-refractivity contribution in [2.24, 2.45) is 10.8 Å². The number of likely N-dealkylation sites (N-methyl/N-ethyl adjacent to an activating group) is 2. The van der Waals surface area contributed by atoms with Gasteiger partial charge in [0.2, 0.25) is 11.8 Å². The zero-order valence-electron chi connectivity index (χ0n) is 40.7. The van der Waals surface area contributed by atoms with Crippen LogP contribution in [0.15, 0.2) is 36.4 Å². The Morgan fingerprint density at radius 1 is 0.612 bits per heavy atom. The van der Waals surface area contributed by atoms with Crippen LogP contribution in [0.2, 0.25) is 20.1 Å². The van der Waals surface area contributed by atoms with E-state index in [4.69, 9.17) is 65.7 Å². The fourth-order valence-electron chi connectivity index (χ4n) is 11.2. The number of benzene rings is 2. The van der Waals surface area contributed by atoms with Gasteiger partial charge in [0.25, 0.3) is 0 Å². The van der Waals surface area contributed by atoms with Gasteiger partial charge in [-0.2, -0.15) is 0 Å². The van der Waals surface area contributed by atoms with Gasteiger partial charge in [0.15, 0.2) is 0 Å². The lowest BCUT2D eigenvalue weighted by atomic mass is 9.66. The number of nitrogens with zero attached hydrogens (tertiary/aromatic N) is 4. The number of hydrogen-bond acceptors (Lipinski definition) is 8. The van der Waals surface area contributed by atoms with Gasteiger partial charge >= 0.3 is 0 Å². The van der Waals surface area contributed by atoms with E-state index >= 15 is 0 Å². The highest BCUT2D eigenvalue weighted by Crippen LogP contribution is 2.47. The van der Waals surface area contributed by atoms with Crippen LogP contribution in [0.5, 0.6) is 0 Å². The molecule has 10 nitrogen and oxygen atoms in total. The quantitative estimate of drug-likeness (QED) is 0.117. The molecule has 2 saturated carbocycles. The molecule has 1 N–H and O–H groups in total. The molecule has 2 saturated heterocycles. The third-order valence-corrected chi connectivity index (χ3v) is 17.3. The predicted molar refractivity (Wildman–Crippen MR) is 277 cm³/mol. The molecular formula is C53H84Cl4N4O6. The van der Waals surface area contributed by atoms with Crippen molar-refractivity contribution in [2.45, 2.75) is 155 Å². The van der Waals surface area contributed by atoms with Gasteiger partial charge < -0.3 is 29.1 Å². The van der Waals surface area contributed by atoms with E-state index in [1.807, 2.05) is 42.1 Å². The van der Waals surface area contributed by atoms with E-state index in [9.17, 15) is 9.59 Å². The molecule has 4 fully saturated rings. The summed E-state index contributed by atoms with van der Waals surface area (Å²) in [7, 11) is 3.99. The first kappa shape index (κ1) is 57.9. The number of carbonyl (C=O) groups is 2. The molecule has 2 aliphatic heterocycles. The fourth-order valence-corrected chi connectivity index (χ4v) is 11.9. The number of rotatable bonds is 22. The topological polar surface area (TPSA) is 95.0 Å². The SMILES string of the molecule is C.CCC1(CC)CC[C@@H](N2CCCC2)[C@H](N(C)C(=O)Cc2ccc(Cl)c(Cl)c2)C1.CCC1(CCOCCOCCOCCO)CC[C@@H](N(C)C(=O)Cc2ccc(Cl)c(Cl)c2)[C@H](N2CCCC2)C1. The Bertz CT molecular complexity index is 1790. The average Bonchev–Trinajstić information content (AvgIpc) is 4.08. The molecule has 14 heteroatoms. The normalized spacial score (nSPS) is 24.1. The summed E-state index contributed by atoms with van der Waals surface area (Å²) in [6.45, 7) is 14.8. The van der Waals surface area contributed by atoms with Crippen molar-refractivity contribution in [3.05, 3.63) is 67.6 Å². The van der Waals surface area contributed by atoms with Gasteiger partial charge in [0, 0.05) is 44.9 Å². The van der Waals surface area contributed by atoms with Crippen molar-refractivity contribution in [2.75, 3.05) is 86.5 Å². The first-order valence-corrected chi connectivity index (χ1v) is 26.5. The molecule has 2 aromatic rings. The smallest absolute Gasteiger partial charge is 0.227 e. The maximum atomic E-state index is 13.4.